The minimum atomic E-state index is -0.845. The molecule has 0 aromatic heterocycles. The van der Waals surface area contributed by atoms with Crippen molar-refractivity contribution in [1.29, 1.82) is 5.26 Å². The highest BCUT2D eigenvalue weighted by Gasteiger charge is 2.47. The van der Waals surface area contributed by atoms with Gasteiger partial charge in [0.05, 0.1) is 24.2 Å². The molecule has 0 saturated heterocycles. The van der Waals surface area contributed by atoms with Gasteiger partial charge in [-0.15, -0.1) is 0 Å². The quantitative estimate of drug-likeness (QED) is 0.722. The van der Waals surface area contributed by atoms with E-state index in [-0.39, 0.29) is 18.6 Å². The normalized spacial score (nSPS) is 16.8. The van der Waals surface area contributed by atoms with Crippen molar-refractivity contribution in [3.05, 3.63) is 35.4 Å². The molecule has 0 radical (unpaired) electrons. The Kier molecular flexibility index (Phi) is 2.68. The Balaban J connectivity index is 2.49. The van der Waals surface area contributed by atoms with Crippen molar-refractivity contribution in [2.75, 3.05) is 7.11 Å². The van der Waals surface area contributed by atoms with E-state index in [9.17, 15) is 14.9 Å². The summed E-state index contributed by atoms with van der Waals surface area (Å²) in [6.07, 6.45) is 0.356. The highest BCUT2D eigenvalue weighted by atomic mass is 16.5. The van der Waals surface area contributed by atoms with E-state index < -0.39 is 11.4 Å². The molecule has 4 heteroatoms. The van der Waals surface area contributed by atoms with E-state index in [0.717, 1.165) is 0 Å². The number of hydrogen-bond acceptors (Lipinski definition) is 4. The van der Waals surface area contributed by atoms with Crippen LogP contribution in [0.2, 0.25) is 0 Å². The number of esters is 1. The molecular weight excluding hydrogens is 218 g/mol. The highest BCUT2D eigenvalue weighted by Crippen LogP contribution is 2.42. The first kappa shape index (κ1) is 11.3. The van der Waals surface area contributed by atoms with Crippen molar-refractivity contribution in [1.82, 2.24) is 0 Å². The maximum absolute atomic E-state index is 11.6. The minimum Gasteiger partial charge on any atom is -0.465 e. The second-order valence-electron chi connectivity index (χ2n) is 4.12. The van der Waals surface area contributed by atoms with Crippen molar-refractivity contribution in [2.45, 2.75) is 18.3 Å². The molecule has 86 valence electrons. The lowest BCUT2D eigenvalue weighted by Gasteiger charge is -2.35. The summed E-state index contributed by atoms with van der Waals surface area (Å²) >= 11 is 0. The molecule has 1 fully saturated rings. The number of ether oxygens (including phenoxy) is 1. The van der Waals surface area contributed by atoms with Gasteiger partial charge in [0.2, 0.25) is 0 Å². The fraction of sp³-hybridized carbons (Fsp3) is 0.308. The van der Waals surface area contributed by atoms with Crippen LogP contribution in [-0.2, 0) is 14.9 Å². The molecule has 0 atom stereocenters. The molecule has 0 unspecified atom stereocenters. The first-order valence-corrected chi connectivity index (χ1v) is 5.24. The first-order valence-electron chi connectivity index (χ1n) is 5.24. The number of ketones is 1. The topological polar surface area (TPSA) is 67.2 Å². The molecule has 0 heterocycles. The van der Waals surface area contributed by atoms with Crippen molar-refractivity contribution in [2.24, 2.45) is 0 Å². The van der Waals surface area contributed by atoms with E-state index in [1.807, 2.05) is 0 Å². The number of hydrogen-bond donors (Lipinski definition) is 0. The van der Waals surface area contributed by atoms with E-state index in [1.54, 1.807) is 24.3 Å². The van der Waals surface area contributed by atoms with Gasteiger partial charge in [-0.1, -0.05) is 18.2 Å². The smallest absolute Gasteiger partial charge is 0.338 e. The molecule has 1 aromatic rings. The van der Waals surface area contributed by atoms with Crippen molar-refractivity contribution < 1.29 is 14.3 Å². The Hall–Kier alpha value is -2.15. The van der Waals surface area contributed by atoms with Crippen molar-refractivity contribution in [3.63, 3.8) is 0 Å². The molecule has 0 spiro atoms. The monoisotopic (exact) mass is 229 g/mol. The van der Waals surface area contributed by atoms with Gasteiger partial charge in [-0.05, 0) is 11.6 Å². The van der Waals surface area contributed by atoms with Crippen LogP contribution < -0.4 is 0 Å². The highest BCUT2D eigenvalue weighted by molar-refractivity contribution is 5.95. The van der Waals surface area contributed by atoms with Gasteiger partial charge in [0.15, 0.2) is 0 Å². The van der Waals surface area contributed by atoms with Crippen LogP contribution in [0.15, 0.2) is 24.3 Å². The van der Waals surface area contributed by atoms with Gasteiger partial charge in [-0.25, -0.2) is 4.79 Å². The maximum atomic E-state index is 11.6. The molecule has 0 aliphatic heterocycles. The number of nitrogens with zero attached hydrogens (tertiary/aromatic N) is 1. The van der Waals surface area contributed by atoms with E-state index >= 15 is 0 Å². The molecule has 0 bridgehead atoms. The SMILES string of the molecule is COC(=O)c1ccccc1C1(C#N)CC(=O)C1. The third-order valence-corrected chi connectivity index (χ3v) is 3.06. The van der Waals surface area contributed by atoms with Crippen LogP contribution in [0.4, 0.5) is 0 Å². The van der Waals surface area contributed by atoms with Gasteiger partial charge < -0.3 is 4.74 Å². The molecule has 1 aromatic carbocycles. The third-order valence-electron chi connectivity index (χ3n) is 3.06. The molecular formula is C13H11NO3. The minimum absolute atomic E-state index is 0.0474. The molecule has 2 rings (SSSR count). The number of rotatable bonds is 2. The summed E-state index contributed by atoms with van der Waals surface area (Å²) < 4.78 is 4.68. The Morgan fingerprint density at radius 1 is 1.41 bits per heavy atom. The first-order chi connectivity index (χ1) is 8.13. The largest absolute Gasteiger partial charge is 0.465 e. The average Bonchev–Trinajstić information content (AvgIpc) is 2.34. The van der Waals surface area contributed by atoms with Crippen molar-refractivity contribution in [3.8, 4) is 6.07 Å². The van der Waals surface area contributed by atoms with E-state index in [2.05, 4.69) is 10.8 Å². The van der Waals surface area contributed by atoms with E-state index in [0.29, 0.717) is 11.1 Å². The van der Waals surface area contributed by atoms with Gasteiger partial charge >= 0.3 is 5.97 Å². The molecule has 1 aliphatic carbocycles. The number of nitriles is 1. The van der Waals surface area contributed by atoms with Crippen molar-refractivity contribution >= 4 is 11.8 Å². The summed E-state index contributed by atoms with van der Waals surface area (Å²) in [7, 11) is 1.30. The number of methoxy groups -OCH3 is 1. The van der Waals surface area contributed by atoms with Gasteiger partial charge in [-0.3, -0.25) is 4.79 Å². The zero-order valence-corrected chi connectivity index (χ0v) is 9.40. The molecule has 17 heavy (non-hydrogen) atoms. The zero-order valence-electron chi connectivity index (χ0n) is 9.40. The van der Waals surface area contributed by atoms with Gasteiger partial charge in [0.1, 0.15) is 5.78 Å². The Bertz CT molecular complexity index is 520. The maximum Gasteiger partial charge on any atom is 0.338 e. The van der Waals surface area contributed by atoms with Crippen LogP contribution in [0.25, 0.3) is 0 Å². The lowest BCUT2D eigenvalue weighted by molar-refractivity contribution is -0.126. The second-order valence-corrected chi connectivity index (χ2v) is 4.12. The van der Waals surface area contributed by atoms with Gasteiger partial charge in [0, 0.05) is 12.8 Å². The standard InChI is InChI=1S/C13H11NO3/c1-17-12(16)10-4-2-3-5-11(10)13(8-14)6-9(15)7-13/h2-5H,6-7H2,1H3. The van der Waals surface area contributed by atoms with Crippen LogP contribution in [-0.4, -0.2) is 18.9 Å². The average molecular weight is 229 g/mol. The van der Waals surface area contributed by atoms with Gasteiger partial charge in [-0.2, -0.15) is 5.26 Å². The summed E-state index contributed by atoms with van der Waals surface area (Å²) in [6.45, 7) is 0. The lowest BCUT2D eigenvalue weighted by atomic mass is 9.63. The predicted octanol–water partition coefficient (Wildman–Crippen LogP) is 1.60. The molecule has 1 saturated carbocycles. The second kappa shape index (κ2) is 4.02. The van der Waals surface area contributed by atoms with Crippen LogP contribution in [0.1, 0.15) is 28.8 Å². The Morgan fingerprint density at radius 2 is 2.06 bits per heavy atom. The lowest BCUT2D eigenvalue weighted by Crippen LogP contribution is -2.41. The summed E-state index contributed by atoms with van der Waals surface area (Å²) in [5, 5.41) is 9.23. The van der Waals surface area contributed by atoms with Crippen LogP contribution >= 0.6 is 0 Å². The summed E-state index contributed by atoms with van der Waals surface area (Å²) in [5.41, 5.74) is 0.111. The van der Waals surface area contributed by atoms with E-state index in [4.69, 9.17) is 0 Å². The zero-order chi connectivity index (χ0) is 12.5. The summed E-state index contributed by atoms with van der Waals surface area (Å²) in [6, 6.07) is 8.94. The Labute approximate surface area is 98.8 Å². The third kappa shape index (κ3) is 1.70. The molecule has 0 amide bonds. The molecule has 4 nitrogen and oxygen atoms in total. The molecule has 0 N–H and O–H groups in total. The fourth-order valence-electron chi connectivity index (χ4n) is 2.14. The van der Waals surface area contributed by atoms with Gasteiger partial charge in [0.25, 0.3) is 0 Å². The van der Waals surface area contributed by atoms with E-state index in [1.165, 1.54) is 7.11 Å². The number of benzene rings is 1. The molecule has 1 aliphatic rings. The fourth-order valence-corrected chi connectivity index (χ4v) is 2.14. The number of carbonyl (C=O) groups is 2. The van der Waals surface area contributed by atoms with Crippen LogP contribution in [0, 0.1) is 11.3 Å². The van der Waals surface area contributed by atoms with Crippen LogP contribution in [0.3, 0.4) is 0 Å². The summed E-state index contributed by atoms with van der Waals surface area (Å²) in [5.74, 6) is -0.430. The van der Waals surface area contributed by atoms with Crippen LogP contribution in [0.5, 0.6) is 0 Å². The number of carbonyl (C=O) groups excluding carboxylic acids is 2. The number of Topliss-reactive ketones (excluding diaryl/α,β-unsaturated/α-hetero) is 1. The summed E-state index contributed by atoms with van der Waals surface area (Å²) in [4.78, 5) is 22.7. The Morgan fingerprint density at radius 3 is 2.59 bits per heavy atom. The predicted molar refractivity (Wildman–Crippen MR) is 59.3 cm³/mol.